The number of para-hydroxylation sites is 1. The molecule has 0 saturated carbocycles. The highest BCUT2D eigenvalue weighted by Crippen LogP contribution is 2.33. The van der Waals surface area contributed by atoms with E-state index in [2.05, 4.69) is 18.0 Å². The molecule has 116 valence electrons. The van der Waals surface area contributed by atoms with Crippen LogP contribution in [0.3, 0.4) is 0 Å². The first-order chi connectivity index (χ1) is 10.8. The number of benzene rings is 1. The number of hydrogen-bond donors (Lipinski definition) is 2. The van der Waals surface area contributed by atoms with Gasteiger partial charge in [0, 0.05) is 24.4 Å². The molecule has 0 spiro atoms. The minimum absolute atomic E-state index is 0.350. The Labute approximate surface area is 132 Å². The lowest BCUT2D eigenvalue weighted by molar-refractivity contribution is -0.970. The van der Waals surface area contributed by atoms with E-state index in [0.717, 1.165) is 28.4 Å². The monoisotopic (exact) mass is 297 g/mol. The third-order valence-corrected chi connectivity index (χ3v) is 5.92. The molecule has 0 amide bonds. The molecule has 5 rings (SSSR count). The van der Waals surface area contributed by atoms with E-state index in [1.165, 1.54) is 32.2 Å². The molecule has 3 heteroatoms. The first kappa shape index (κ1) is 14.2. The maximum Gasteiger partial charge on any atom is 0.131 e. The van der Waals surface area contributed by atoms with Crippen molar-refractivity contribution in [2.24, 2.45) is 5.92 Å². The molecule has 1 unspecified atom stereocenters. The summed E-state index contributed by atoms with van der Waals surface area (Å²) < 4.78 is 0. The highest BCUT2D eigenvalue weighted by atomic mass is 16.3. The van der Waals surface area contributed by atoms with Crippen LogP contribution in [0.2, 0.25) is 0 Å². The number of aliphatic hydroxyl groups excluding tert-OH is 1. The quantitative estimate of drug-likeness (QED) is 0.910. The fourth-order valence-corrected chi connectivity index (χ4v) is 4.81. The molecule has 2 N–H and O–H groups in total. The van der Waals surface area contributed by atoms with Crippen LogP contribution >= 0.6 is 0 Å². The molecule has 0 radical (unpaired) electrons. The van der Waals surface area contributed by atoms with Crippen LogP contribution in [-0.4, -0.2) is 28.7 Å². The van der Waals surface area contributed by atoms with E-state index < -0.39 is 0 Å². The zero-order valence-electron chi connectivity index (χ0n) is 13.2. The summed E-state index contributed by atoms with van der Waals surface area (Å²) in [6.45, 7) is 3.53. The van der Waals surface area contributed by atoms with Gasteiger partial charge in [0.1, 0.15) is 12.1 Å². The molecule has 4 heterocycles. The minimum Gasteiger partial charge on any atom is -0.382 e. The van der Waals surface area contributed by atoms with Gasteiger partial charge in [-0.1, -0.05) is 25.1 Å². The van der Waals surface area contributed by atoms with Crippen molar-refractivity contribution < 1.29 is 10.0 Å². The van der Waals surface area contributed by atoms with Crippen LogP contribution in [-0.2, 0) is 0 Å². The van der Waals surface area contributed by atoms with Crippen LogP contribution in [0.1, 0.15) is 44.3 Å². The Morgan fingerprint density at radius 1 is 1.27 bits per heavy atom. The van der Waals surface area contributed by atoms with Gasteiger partial charge in [-0.2, -0.15) is 0 Å². The van der Waals surface area contributed by atoms with Gasteiger partial charge in [0.25, 0.3) is 0 Å². The summed E-state index contributed by atoms with van der Waals surface area (Å²) in [4.78, 5) is 6.07. The highest BCUT2D eigenvalue weighted by molar-refractivity contribution is 5.82. The molecule has 3 fully saturated rings. The molecule has 1 aromatic heterocycles. The average Bonchev–Trinajstić information content (AvgIpc) is 2.60. The van der Waals surface area contributed by atoms with Crippen molar-refractivity contribution in [3.63, 3.8) is 0 Å². The van der Waals surface area contributed by atoms with Gasteiger partial charge in [0.05, 0.1) is 18.1 Å². The van der Waals surface area contributed by atoms with Crippen LogP contribution in [0, 0.1) is 5.92 Å². The van der Waals surface area contributed by atoms with Gasteiger partial charge in [0.15, 0.2) is 0 Å². The van der Waals surface area contributed by atoms with Crippen LogP contribution in [0.15, 0.2) is 36.5 Å². The number of aromatic nitrogens is 1. The lowest BCUT2D eigenvalue weighted by Crippen LogP contribution is -3.22. The van der Waals surface area contributed by atoms with Crippen molar-refractivity contribution in [1.82, 2.24) is 4.98 Å². The fraction of sp³-hybridized carbons (Fsp3) is 0.526. The summed E-state index contributed by atoms with van der Waals surface area (Å²) in [6, 6.07) is 11.3. The summed E-state index contributed by atoms with van der Waals surface area (Å²) in [5.41, 5.74) is 2.04. The molecule has 1 aromatic carbocycles. The number of rotatable bonds is 3. The number of piperidine rings is 3. The Bertz CT molecular complexity index is 666. The number of pyridine rings is 1. The van der Waals surface area contributed by atoms with Crippen molar-refractivity contribution in [3.05, 3.63) is 42.1 Å². The number of fused-ring (bicyclic) bond motifs is 4. The van der Waals surface area contributed by atoms with Gasteiger partial charge in [-0.15, -0.1) is 0 Å². The predicted molar refractivity (Wildman–Crippen MR) is 87.7 cm³/mol. The zero-order valence-corrected chi connectivity index (χ0v) is 13.2. The van der Waals surface area contributed by atoms with Gasteiger partial charge in [0.2, 0.25) is 0 Å². The predicted octanol–water partition coefficient (Wildman–Crippen LogP) is 2.11. The Kier molecular flexibility index (Phi) is 3.63. The second-order valence-corrected chi connectivity index (χ2v) is 7.02. The lowest BCUT2D eigenvalue weighted by atomic mass is 9.75. The first-order valence-electron chi connectivity index (χ1n) is 8.65. The zero-order chi connectivity index (χ0) is 15.1. The maximum atomic E-state index is 11.1. The molecular formula is C19H25N2O+. The number of quaternary nitrogens is 1. The van der Waals surface area contributed by atoms with E-state index in [1.54, 1.807) is 4.90 Å². The maximum absolute atomic E-state index is 11.1. The molecule has 2 aromatic rings. The van der Waals surface area contributed by atoms with E-state index in [0.29, 0.717) is 6.04 Å². The van der Waals surface area contributed by atoms with E-state index in [-0.39, 0.29) is 6.10 Å². The summed E-state index contributed by atoms with van der Waals surface area (Å²) in [5.74, 6) is 0.815. The van der Waals surface area contributed by atoms with Crippen molar-refractivity contribution in [2.75, 3.05) is 6.54 Å². The van der Waals surface area contributed by atoms with Gasteiger partial charge >= 0.3 is 0 Å². The fourth-order valence-electron chi connectivity index (χ4n) is 4.81. The third kappa shape index (κ3) is 2.24. The second kappa shape index (κ2) is 5.64. The van der Waals surface area contributed by atoms with Gasteiger partial charge in [-0.3, -0.25) is 4.98 Å². The van der Waals surface area contributed by atoms with Gasteiger partial charge in [-0.25, -0.2) is 0 Å². The van der Waals surface area contributed by atoms with Crippen molar-refractivity contribution in [3.8, 4) is 0 Å². The smallest absolute Gasteiger partial charge is 0.131 e. The summed E-state index contributed by atoms with van der Waals surface area (Å²) >= 11 is 0. The number of nitrogens with one attached hydrogen (secondary N) is 1. The Morgan fingerprint density at radius 3 is 2.95 bits per heavy atom. The summed E-state index contributed by atoms with van der Waals surface area (Å²) in [5, 5.41) is 12.2. The van der Waals surface area contributed by atoms with Crippen molar-refractivity contribution in [1.29, 1.82) is 0 Å². The van der Waals surface area contributed by atoms with Gasteiger partial charge in [-0.05, 0) is 36.5 Å². The third-order valence-electron chi connectivity index (χ3n) is 5.92. The minimum atomic E-state index is -0.375. The number of aliphatic hydroxyl groups is 1. The lowest BCUT2D eigenvalue weighted by Gasteiger charge is -2.49. The summed E-state index contributed by atoms with van der Waals surface area (Å²) in [7, 11) is 0. The Balaban J connectivity index is 1.70. The van der Waals surface area contributed by atoms with Crippen molar-refractivity contribution >= 4 is 10.9 Å². The Morgan fingerprint density at radius 2 is 2.14 bits per heavy atom. The van der Waals surface area contributed by atoms with Crippen LogP contribution in [0.4, 0.5) is 0 Å². The van der Waals surface area contributed by atoms with E-state index >= 15 is 0 Å². The molecule has 3 aliphatic rings. The summed E-state index contributed by atoms with van der Waals surface area (Å²) in [6.07, 6.45) is 6.55. The molecular weight excluding hydrogens is 272 g/mol. The first-order valence-corrected chi connectivity index (χ1v) is 8.65. The van der Waals surface area contributed by atoms with E-state index in [9.17, 15) is 5.11 Å². The topological polar surface area (TPSA) is 37.6 Å². The number of hydrogen-bond acceptors (Lipinski definition) is 2. The SMILES string of the molecule is CC[C@H]1C[C@H]2CC[NH+]1[C@H]([C@H](O)c1ccnc3ccccc13)C2. The molecule has 3 saturated heterocycles. The standard InChI is InChI=1S/C19H24N2O/c1-2-14-11-13-8-10-21(14)18(12-13)19(22)16-7-9-20-17-6-4-3-5-15(16)17/h3-7,9,13-14,18-19,22H,2,8,10-12H2,1H3/p+1/t13-,14+,18+,19-/m1/s1. The second-order valence-electron chi connectivity index (χ2n) is 7.02. The molecule has 3 aliphatic heterocycles. The Hall–Kier alpha value is -1.45. The van der Waals surface area contributed by atoms with Crippen LogP contribution < -0.4 is 4.90 Å². The normalized spacial score (nSPS) is 32.3. The van der Waals surface area contributed by atoms with Crippen LogP contribution in [0.5, 0.6) is 0 Å². The molecule has 5 atom stereocenters. The molecule has 0 aliphatic carbocycles. The molecule has 3 nitrogen and oxygen atoms in total. The molecule has 22 heavy (non-hydrogen) atoms. The van der Waals surface area contributed by atoms with Crippen LogP contribution in [0.25, 0.3) is 10.9 Å². The largest absolute Gasteiger partial charge is 0.382 e. The number of nitrogens with zero attached hydrogens (tertiary/aromatic N) is 1. The average molecular weight is 297 g/mol. The molecule has 2 bridgehead atoms. The van der Waals surface area contributed by atoms with E-state index in [1.807, 2.05) is 30.5 Å². The highest BCUT2D eigenvalue weighted by Gasteiger charge is 2.46. The van der Waals surface area contributed by atoms with Crippen molar-refractivity contribution in [2.45, 2.75) is 50.8 Å². The van der Waals surface area contributed by atoms with Gasteiger partial charge < -0.3 is 10.0 Å². The van der Waals surface area contributed by atoms with E-state index in [4.69, 9.17) is 0 Å².